The molecular weight excluding hydrogens is 380 g/mol. The standard InChI is InChI=1S/C20H24N2O5S/c1-14-12-22(13-15(2)27-14)20(23)16-7-6-8-17(11-16)28(24,25)21-18-9-4-5-10-19(18)26-3/h4-11,14-15,21H,12-13H2,1-3H3/t14-,15+. The van der Waals surface area contributed by atoms with Crippen LogP contribution in [0.25, 0.3) is 0 Å². The first kappa shape index (κ1) is 20.2. The van der Waals surface area contributed by atoms with Gasteiger partial charge < -0.3 is 14.4 Å². The minimum Gasteiger partial charge on any atom is -0.495 e. The lowest BCUT2D eigenvalue weighted by molar-refractivity contribution is -0.0586. The van der Waals surface area contributed by atoms with Gasteiger partial charge in [-0.05, 0) is 44.2 Å². The second-order valence-corrected chi connectivity index (χ2v) is 8.48. The maximum atomic E-state index is 12.9. The van der Waals surface area contributed by atoms with Crippen molar-refractivity contribution in [1.29, 1.82) is 0 Å². The number of carbonyl (C=O) groups is 1. The zero-order valence-corrected chi connectivity index (χ0v) is 16.9. The van der Waals surface area contributed by atoms with Crippen LogP contribution in [0, 0.1) is 0 Å². The molecule has 1 aliphatic rings. The van der Waals surface area contributed by atoms with Gasteiger partial charge >= 0.3 is 0 Å². The molecule has 1 saturated heterocycles. The summed E-state index contributed by atoms with van der Waals surface area (Å²) in [4.78, 5) is 14.6. The molecule has 0 unspecified atom stereocenters. The second kappa shape index (κ2) is 8.20. The number of nitrogens with one attached hydrogen (secondary N) is 1. The van der Waals surface area contributed by atoms with Gasteiger partial charge in [0.2, 0.25) is 0 Å². The van der Waals surface area contributed by atoms with E-state index in [1.807, 2.05) is 13.8 Å². The molecule has 2 aromatic carbocycles. The van der Waals surface area contributed by atoms with E-state index in [2.05, 4.69) is 4.72 Å². The first-order chi connectivity index (χ1) is 13.3. The molecule has 1 amide bonds. The highest BCUT2D eigenvalue weighted by molar-refractivity contribution is 7.92. The van der Waals surface area contributed by atoms with Crippen molar-refractivity contribution in [1.82, 2.24) is 4.90 Å². The Morgan fingerprint density at radius 2 is 1.79 bits per heavy atom. The van der Waals surface area contributed by atoms with Gasteiger partial charge in [0, 0.05) is 18.7 Å². The molecule has 8 heteroatoms. The van der Waals surface area contributed by atoms with Crippen LogP contribution >= 0.6 is 0 Å². The molecule has 0 saturated carbocycles. The van der Waals surface area contributed by atoms with Crippen LogP contribution < -0.4 is 9.46 Å². The quantitative estimate of drug-likeness (QED) is 0.828. The topological polar surface area (TPSA) is 84.9 Å². The summed E-state index contributed by atoms with van der Waals surface area (Å²) >= 11 is 0. The lowest BCUT2D eigenvalue weighted by Gasteiger charge is -2.35. The summed E-state index contributed by atoms with van der Waals surface area (Å²) in [5, 5.41) is 0. The fraction of sp³-hybridized carbons (Fsp3) is 0.350. The number of morpholine rings is 1. The van der Waals surface area contributed by atoms with Crippen molar-refractivity contribution in [3.05, 3.63) is 54.1 Å². The van der Waals surface area contributed by atoms with Crippen LogP contribution in [-0.2, 0) is 14.8 Å². The van der Waals surface area contributed by atoms with E-state index in [1.165, 1.54) is 19.2 Å². The second-order valence-electron chi connectivity index (χ2n) is 6.80. The minimum absolute atomic E-state index is 0.0126. The molecular formula is C20H24N2O5S. The smallest absolute Gasteiger partial charge is 0.262 e. The van der Waals surface area contributed by atoms with Crippen molar-refractivity contribution >= 4 is 21.6 Å². The van der Waals surface area contributed by atoms with E-state index in [9.17, 15) is 13.2 Å². The van der Waals surface area contributed by atoms with Crippen LogP contribution in [0.3, 0.4) is 0 Å². The van der Waals surface area contributed by atoms with Crippen molar-refractivity contribution in [3.8, 4) is 5.75 Å². The van der Waals surface area contributed by atoms with Gasteiger partial charge in [-0.25, -0.2) is 8.42 Å². The lowest BCUT2D eigenvalue weighted by atomic mass is 10.1. The van der Waals surface area contributed by atoms with E-state index in [0.29, 0.717) is 30.1 Å². The number of rotatable bonds is 5. The fourth-order valence-corrected chi connectivity index (χ4v) is 4.37. The maximum Gasteiger partial charge on any atom is 0.262 e. The first-order valence-corrected chi connectivity index (χ1v) is 10.5. The first-order valence-electron chi connectivity index (χ1n) is 9.01. The average molecular weight is 404 g/mol. The molecule has 0 spiro atoms. The minimum atomic E-state index is -3.88. The number of anilines is 1. The number of benzene rings is 2. The zero-order chi connectivity index (χ0) is 20.3. The Balaban J connectivity index is 1.85. The van der Waals surface area contributed by atoms with E-state index in [1.54, 1.807) is 41.3 Å². The van der Waals surface area contributed by atoms with Crippen molar-refractivity contribution in [3.63, 3.8) is 0 Å². The predicted octanol–water partition coefficient (Wildman–Crippen LogP) is 2.75. The predicted molar refractivity (Wildman–Crippen MR) is 106 cm³/mol. The molecule has 1 fully saturated rings. The number of ether oxygens (including phenoxy) is 2. The van der Waals surface area contributed by atoms with Crippen LogP contribution in [0.1, 0.15) is 24.2 Å². The van der Waals surface area contributed by atoms with Gasteiger partial charge in [0.05, 0.1) is 29.9 Å². The number of hydrogen-bond donors (Lipinski definition) is 1. The molecule has 0 aliphatic carbocycles. The highest BCUT2D eigenvalue weighted by Crippen LogP contribution is 2.26. The van der Waals surface area contributed by atoms with Gasteiger partial charge in [0.25, 0.3) is 15.9 Å². The number of carbonyl (C=O) groups excluding carboxylic acids is 1. The average Bonchev–Trinajstić information content (AvgIpc) is 2.67. The van der Waals surface area contributed by atoms with E-state index >= 15 is 0 Å². The molecule has 150 valence electrons. The van der Waals surface area contributed by atoms with Crippen molar-refractivity contribution in [2.45, 2.75) is 31.0 Å². The summed E-state index contributed by atoms with van der Waals surface area (Å²) in [5.74, 6) is 0.200. The highest BCUT2D eigenvalue weighted by Gasteiger charge is 2.27. The Morgan fingerprint density at radius 3 is 2.46 bits per heavy atom. The molecule has 2 aromatic rings. The molecule has 1 aliphatic heterocycles. The van der Waals surface area contributed by atoms with Crippen LogP contribution in [0.4, 0.5) is 5.69 Å². The van der Waals surface area contributed by atoms with Gasteiger partial charge in [0.15, 0.2) is 0 Å². The van der Waals surface area contributed by atoms with Crippen molar-refractivity contribution < 1.29 is 22.7 Å². The monoisotopic (exact) mass is 404 g/mol. The molecule has 2 atom stereocenters. The largest absolute Gasteiger partial charge is 0.495 e. The molecule has 28 heavy (non-hydrogen) atoms. The Kier molecular flexibility index (Phi) is 5.90. The number of sulfonamides is 1. The Morgan fingerprint density at radius 1 is 1.11 bits per heavy atom. The van der Waals surface area contributed by atoms with E-state index in [0.717, 1.165) is 0 Å². The molecule has 0 radical (unpaired) electrons. The van der Waals surface area contributed by atoms with Crippen LogP contribution in [-0.4, -0.2) is 51.6 Å². The Bertz CT molecular complexity index is 951. The van der Waals surface area contributed by atoms with Gasteiger partial charge in [-0.1, -0.05) is 18.2 Å². The van der Waals surface area contributed by atoms with Crippen LogP contribution in [0.2, 0.25) is 0 Å². The SMILES string of the molecule is COc1ccccc1NS(=O)(=O)c1cccc(C(=O)N2C[C@@H](C)O[C@@H](C)C2)c1. The zero-order valence-electron chi connectivity index (χ0n) is 16.1. The molecule has 0 aromatic heterocycles. The van der Waals surface area contributed by atoms with Gasteiger partial charge in [-0.15, -0.1) is 0 Å². The van der Waals surface area contributed by atoms with Gasteiger partial charge in [-0.3, -0.25) is 9.52 Å². The molecule has 3 rings (SSSR count). The van der Waals surface area contributed by atoms with Gasteiger partial charge in [-0.2, -0.15) is 0 Å². The number of nitrogens with zero attached hydrogens (tertiary/aromatic N) is 1. The third kappa shape index (κ3) is 4.45. The summed E-state index contributed by atoms with van der Waals surface area (Å²) in [6.07, 6.45) is -0.126. The summed E-state index contributed by atoms with van der Waals surface area (Å²) in [5.41, 5.74) is 0.654. The number of amides is 1. The van der Waals surface area contributed by atoms with E-state index in [4.69, 9.17) is 9.47 Å². The van der Waals surface area contributed by atoms with Crippen molar-refractivity contribution in [2.24, 2.45) is 0 Å². The summed E-state index contributed by atoms with van der Waals surface area (Å²) in [7, 11) is -2.41. The Labute approximate surface area is 165 Å². The molecule has 7 nitrogen and oxygen atoms in total. The molecule has 1 N–H and O–H groups in total. The number of para-hydroxylation sites is 2. The van der Waals surface area contributed by atoms with E-state index in [-0.39, 0.29) is 23.0 Å². The van der Waals surface area contributed by atoms with Crippen LogP contribution in [0.15, 0.2) is 53.4 Å². The molecule has 0 bridgehead atoms. The fourth-order valence-electron chi connectivity index (χ4n) is 3.26. The highest BCUT2D eigenvalue weighted by atomic mass is 32.2. The summed E-state index contributed by atoms with van der Waals surface area (Å²) in [6, 6.07) is 12.8. The number of hydrogen-bond acceptors (Lipinski definition) is 5. The van der Waals surface area contributed by atoms with E-state index < -0.39 is 10.0 Å². The summed E-state index contributed by atoms with van der Waals surface area (Å²) < 4.78 is 39.0. The maximum absolute atomic E-state index is 12.9. The normalized spacial score (nSPS) is 19.9. The lowest BCUT2D eigenvalue weighted by Crippen LogP contribution is -2.48. The van der Waals surface area contributed by atoms with Gasteiger partial charge in [0.1, 0.15) is 5.75 Å². The van der Waals surface area contributed by atoms with Crippen molar-refractivity contribution in [2.75, 3.05) is 24.9 Å². The molecule has 1 heterocycles. The van der Waals surface area contributed by atoms with Crippen LogP contribution in [0.5, 0.6) is 5.75 Å². The number of methoxy groups -OCH3 is 1. The Hall–Kier alpha value is -2.58. The third-order valence-corrected chi connectivity index (χ3v) is 5.81. The summed E-state index contributed by atoms with van der Waals surface area (Å²) in [6.45, 7) is 4.77. The third-order valence-electron chi connectivity index (χ3n) is 4.45.